The Morgan fingerprint density at radius 3 is 2.32 bits per heavy atom. The number of nitrogens with two attached hydrogens (primary N) is 1. The lowest BCUT2D eigenvalue weighted by Gasteiger charge is -2.29. The molecule has 0 aromatic heterocycles. The van der Waals surface area contributed by atoms with Crippen LogP contribution in [-0.4, -0.2) is 26.8 Å². The van der Waals surface area contributed by atoms with E-state index in [9.17, 15) is 8.42 Å². The molecule has 0 saturated carbocycles. The molecular formula is C14H22N2O2S. The second-order valence-electron chi connectivity index (χ2n) is 5.36. The average Bonchev–Trinajstić information content (AvgIpc) is 2.39. The second-order valence-corrected chi connectivity index (χ2v) is 7.84. The van der Waals surface area contributed by atoms with Crippen LogP contribution in [0.4, 0.5) is 11.4 Å². The molecule has 0 aliphatic carbocycles. The van der Waals surface area contributed by atoms with Gasteiger partial charge in [-0.05, 0) is 51.3 Å². The summed E-state index contributed by atoms with van der Waals surface area (Å²) in [7, 11) is -3.30. The molecule has 19 heavy (non-hydrogen) atoms. The van der Waals surface area contributed by atoms with Gasteiger partial charge in [0.2, 0.25) is 0 Å². The van der Waals surface area contributed by atoms with E-state index in [0.29, 0.717) is 5.69 Å². The fourth-order valence-corrected chi connectivity index (χ4v) is 3.55. The van der Waals surface area contributed by atoms with Gasteiger partial charge >= 0.3 is 0 Å². The maximum Gasteiger partial charge on any atom is 0.182 e. The van der Waals surface area contributed by atoms with Crippen molar-refractivity contribution in [2.45, 2.75) is 43.3 Å². The molecule has 1 aromatic carbocycles. The van der Waals surface area contributed by atoms with E-state index in [1.165, 1.54) is 19.3 Å². The molecule has 1 heterocycles. The first-order chi connectivity index (χ1) is 8.93. The van der Waals surface area contributed by atoms with Gasteiger partial charge in [-0.25, -0.2) is 8.42 Å². The lowest BCUT2D eigenvalue weighted by Crippen LogP contribution is -2.29. The molecule has 1 aliphatic rings. The predicted octanol–water partition coefficient (Wildman–Crippen LogP) is 2.44. The number of benzene rings is 1. The Hall–Kier alpha value is -1.23. The lowest BCUT2D eigenvalue weighted by molar-refractivity contribution is 0.577. The first kappa shape index (κ1) is 14.2. The predicted molar refractivity (Wildman–Crippen MR) is 79.2 cm³/mol. The summed E-state index contributed by atoms with van der Waals surface area (Å²) in [6.07, 6.45) is 3.64. The number of rotatable bonds is 3. The zero-order valence-electron chi connectivity index (χ0n) is 11.6. The summed E-state index contributed by atoms with van der Waals surface area (Å²) in [4.78, 5) is 2.52. The van der Waals surface area contributed by atoms with Crippen LogP contribution in [0.1, 0.15) is 33.1 Å². The van der Waals surface area contributed by atoms with Crippen molar-refractivity contribution in [1.82, 2.24) is 0 Å². The summed E-state index contributed by atoms with van der Waals surface area (Å²) in [5.41, 5.74) is 7.33. The van der Waals surface area contributed by atoms with Gasteiger partial charge in [0.1, 0.15) is 0 Å². The van der Waals surface area contributed by atoms with Gasteiger partial charge < -0.3 is 10.6 Å². The van der Waals surface area contributed by atoms with E-state index < -0.39 is 15.1 Å². The highest BCUT2D eigenvalue weighted by Crippen LogP contribution is 2.28. The van der Waals surface area contributed by atoms with Crippen LogP contribution in [0.5, 0.6) is 0 Å². The number of piperidine rings is 1. The minimum absolute atomic E-state index is 0.253. The van der Waals surface area contributed by atoms with Crippen molar-refractivity contribution in [2.75, 3.05) is 23.7 Å². The molecule has 2 rings (SSSR count). The molecule has 0 unspecified atom stereocenters. The Morgan fingerprint density at radius 2 is 1.79 bits per heavy atom. The normalized spacial score (nSPS) is 16.9. The Labute approximate surface area is 115 Å². The van der Waals surface area contributed by atoms with Gasteiger partial charge in [-0.2, -0.15) is 0 Å². The van der Waals surface area contributed by atoms with Gasteiger partial charge in [0.15, 0.2) is 9.84 Å². The number of nitrogen functional groups attached to an aromatic ring is 1. The van der Waals surface area contributed by atoms with E-state index in [0.717, 1.165) is 18.8 Å². The molecule has 0 radical (unpaired) electrons. The van der Waals surface area contributed by atoms with Crippen molar-refractivity contribution < 1.29 is 8.42 Å². The maximum absolute atomic E-state index is 12.1. The quantitative estimate of drug-likeness (QED) is 0.865. The zero-order valence-corrected chi connectivity index (χ0v) is 12.4. The Morgan fingerprint density at radius 1 is 1.16 bits per heavy atom. The standard InChI is InChI=1S/C14H22N2O2S/c1-11(2)19(17,18)14-7-6-12(10-13(14)15)16-8-4-3-5-9-16/h6-7,10-11H,3-5,8-9,15H2,1-2H3. The number of anilines is 2. The summed E-state index contributed by atoms with van der Waals surface area (Å²) in [5, 5.41) is -0.448. The van der Waals surface area contributed by atoms with Crippen LogP contribution in [0.25, 0.3) is 0 Å². The van der Waals surface area contributed by atoms with E-state index in [-0.39, 0.29) is 4.90 Å². The van der Waals surface area contributed by atoms with Crippen molar-refractivity contribution >= 4 is 21.2 Å². The topological polar surface area (TPSA) is 63.4 Å². The fraction of sp³-hybridized carbons (Fsp3) is 0.571. The molecule has 5 heteroatoms. The highest BCUT2D eigenvalue weighted by atomic mass is 32.2. The van der Waals surface area contributed by atoms with Gasteiger partial charge in [-0.1, -0.05) is 0 Å². The summed E-state index contributed by atoms with van der Waals surface area (Å²) < 4.78 is 24.3. The Balaban J connectivity index is 2.32. The smallest absolute Gasteiger partial charge is 0.182 e. The van der Waals surface area contributed by atoms with Crippen molar-refractivity contribution in [3.8, 4) is 0 Å². The molecule has 1 aliphatic heterocycles. The Kier molecular flexibility index (Phi) is 4.04. The largest absolute Gasteiger partial charge is 0.398 e. The monoisotopic (exact) mass is 282 g/mol. The van der Waals surface area contributed by atoms with Crippen LogP contribution in [-0.2, 0) is 9.84 Å². The van der Waals surface area contributed by atoms with E-state index in [2.05, 4.69) is 4.90 Å². The van der Waals surface area contributed by atoms with E-state index in [1.807, 2.05) is 6.07 Å². The number of hydrogen-bond acceptors (Lipinski definition) is 4. The molecule has 1 fully saturated rings. The van der Waals surface area contributed by atoms with Gasteiger partial charge in [-0.15, -0.1) is 0 Å². The summed E-state index contributed by atoms with van der Waals surface area (Å²) in [6, 6.07) is 5.31. The van der Waals surface area contributed by atoms with Crippen molar-refractivity contribution in [2.24, 2.45) is 0 Å². The molecule has 1 saturated heterocycles. The summed E-state index contributed by atoms with van der Waals surface area (Å²) >= 11 is 0. The number of hydrogen-bond donors (Lipinski definition) is 1. The molecule has 0 atom stereocenters. The van der Waals surface area contributed by atoms with Gasteiger partial charge in [0.05, 0.1) is 15.8 Å². The summed E-state index contributed by atoms with van der Waals surface area (Å²) in [6.45, 7) is 5.39. The fourth-order valence-electron chi connectivity index (χ4n) is 2.40. The van der Waals surface area contributed by atoms with Crippen molar-refractivity contribution in [3.05, 3.63) is 18.2 Å². The average molecular weight is 282 g/mol. The molecule has 1 aromatic rings. The molecule has 0 spiro atoms. The highest BCUT2D eigenvalue weighted by molar-refractivity contribution is 7.92. The summed E-state index contributed by atoms with van der Waals surface area (Å²) in [5.74, 6) is 0. The van der Waals surface area contributed by atoms with Gasteiger partial charge in [0.25, 0.3) is 0 Å². The lowest BCUT2D eigenvalue weighted by atomic mass is 10.1. The first-order valence-corrected chi connectivity index (χ1v) is 8.36. The number of nitrogens with zero attached hydrogens (tertiary/aromatic N) is 1. The third kappa shape index (κ3) is 2.86. The van der Waals surface area contributed by atoms with Crippen molar-refractivity contribution in [3.63, 3.8) is 0 Å². The molecule has 2 N–H and O–H groups in total. The third-order valence-corrected chi connectivity index (χ3v) is 5.87. The van der Waals surface area contributed by atoms with E-state index in [4.69, 9.17) is 5.73 Å². The van der Waals surface area contributed by atoms with Crippen LogP contribution in [0, 0.1) is 0 Å². The molecule has 0 bridgehead atoms. The van der Waals surface area contributed by atoms with Gasteiger partial charge in [0, 0.05) is 18.8 Å². The number of sulfone groups is 1. The molecule has 106 valence electrons. The van der Waals surface area contributed by atoms with Crippen LogP contribution >= 0.6 is 0 Å². The highest BCUT2D eigenvalue weighted by Gasteiger charge is 2.22. The second kappa shape index (κ2) is 5.41. The minimum atomic E-state index is -3.30. The van der Waals surface area contributed by atoms with Crippen molar-refractivity contribution in [1.29, 1.82) is 0 Å². The SMILES string of the molecule is CC(C)S(=O)(=O)c1ccc(N2CCCCC2)cc1N. The third-order valence-electron chi connectivity index (χ3n) is 3.64. The van der Waals surface area contributed by atoms with Crippen LogP contribution in [0.2, 0.25) is 0 Å². The van der Waals surface area contributed by atoms with Crippen LogP contribution in [0.3, 0.4) is 0 Å². The van der Waals surface area contributed by atoms with Crippen LogP contribution in [0.15, 0.2) is 23.1 Å². The maximum atomic E-state index is 12.1. The zero-order chi connectivity index (χ0) is 14.0. The molecule has 0 amide bonds. The first-order valence-electron chi connectivity index (χ1n) is 6.81. The van der Waals surface area contributed by atoms with Crippen LogP contribution < -0.4 is 10.6 Å². The van der Waals surface area contributed by atoms with E-state index >= 15 is 0 Å². The minimum Gasteiger partial charge on any atom is -0.398 e. The Bertz CT molecular complexity index is 547. The molecular weight excluding hydrogens is 260 g/mol. The van der Waals surface area contributed by atoms with Gasteiger partial charge in [-0.3, -0.25) is 0 Å². The molecule has 4 nitrogen and oxygen atoms in total. The van der Waals surface area contributed by atoms with E-state index in [1.54, 1.807) is 26.0 Å².